The molecule has 20 heavy (non-hydrogen) atoms. The van der Waals surface area contributed by atoms with Crippen LogP contribution in [-0.2, 0) is 9.53 Å². The number of hydrogen-bond acceptors (Lipinski definition) is 5. The minimum atomic E-state index is -1.20. The Balaban J connectivity index is 2.15. The van der Waals surface area contributed by atoms with Crippen LogP contribution in [0.2, 0.25) is 0 Å². The van der Waals surface area contributed by atoms with Crippen LogP contribution in [0.15, 0.2) is 41.4 Å². The lowest BCUT2D eigenvalue weighted by Crippen LogP contribution is -2.47. The molecule has 2 N–H and O–H groups in total. The maximum Gasteiger partial charge on any atom is 0.349 e. The van der Waals surface area contributed by atoms with Crippen molar-refractivity contribution < 1.29 is 19.4 Å². The molecule has 3 rings (SSSR count). The van der Waals surface area contributed by atoms with Gasteiger partial charge in [-0.3, -0.25) is 0 Å². The fourth-order valence-electron chi connectivity index (χ4n) is 2.56. The molecule has 1 aromatic rings. The number of fused-ring (bicyclic) bond motifs is 1. The molecule has 0 amide bonds. The van der Waals surface area contributed by atoms with Gasteiger partial charge in [0.15, 0.2) is 0 Å². The largest absolute Gasteiger partial charge is 0.512 e. The van der Waals surface area contributed by atoms with E-state index in [1.165, 1.54) is 6.92 Å². The summed E-state index contributed by atoms with van der Waals surface area (Å²) < 4.78 is 11.0. The zero-order chi connectivity index (χ0) is 14.5. The number of carbonyl (C=O) groups excluding carboxylic acids is 1. The first-order valence-corrected chi connectivity index (χ1v) is 6.31. The van der Waals surface area contributed by atoms with Gasteiger partial charge in [0.25, 0.3) is 0 Å². The lowest BCUT2D eigenvalue weighted by Gasteiger charge is -2.31. The summed E-state index contributed by atoms with van der Waals surface area (Å²) in [6, 6.07) is 5.68. The number of aryl methyl sites for hydroxylation is 1. The topological polar surface area (TPSA) is 67.8 Å². The van der Waals surface area contributed by atoms with Gasteiger partial charge < -0.3 is 19.9 Å². The first kappa shape index (κ1) is 12.6. The summed E-state index contributed by atoms with van der Waals surface area (Å²) in [4.78, 5) is 12.0. The number of cyclic esters (lactones) is 1. The molecule has 0 fully saturated rings. The van der Waals surface area contributed by atoms with Crippen LogP contribution in [0.25, 0.3) is 0 Å². The first-order chi connectivity index (χ1) is 9.41. The molecule has 1 atom stereocenters. The van der Waals surface area contributed by atoms with Gasteiger partial charge in [-0.15, -0.1) is 0 Å². The van der Waals surface area contributed by atoms with Crippen molar-refractivity contribution in [1.82, 2.24) is 0 Å². The monoisotopic (exact) mass is 273 g/mol. The van der Waals surface area contributed by atoms with E-state index in [1.54, 1.807) is 13.0 Å². The Kier molecular flexibility index (Phi) is 2.54. The van der Waals surface area contributed by atoms with Crippen LogP contribution >= 0.6 is 0 Å². The lowest BCUT2D eigenvalue weighted by molar-refractivity contribution is -0.138. The summed E-state index contributed by atoms with van der Waals surface area (Å²) in [5.41, 5.74) is 0.718. The maximum absolute atomic E-state index is 12.0. The number of allylic oxidation sites excluding steroid dienone is 2. The summed E-state index contributed by atoms with van der Waals surface area (Å²) in [5.74, 6) is 0.322. The van der Waals surface area contributed by atoms with E-state index in [9.17, 15) is 9.90 Å². The van der Waals surface area contributed by atoms with Gasteiger partial charge >= 0.3 is 5.97 Å². The third-order valence-electron chi connectivity index (χ3n) is 3.32. The van der Waals surface area contributed by atoms with Gasteiger partial charge in [0.1, 0.15) is 22.8 Å². The van der Waals surface area contributed by atoms with Crippen LogP contribution in [0, 0.1) is 6.92 Å². The normalized spacial score (nSPS) is 26.4. The Morgan fingerprint density at radius 1 is 1.35 bits per heavy atom. The molecule has 1 aromatic carbocycles. The number of benzene rings is 1. The number of esters is 1. The van der Waals surface area contributed by atoms with E-state index in [2.05, 4.69) is 5.32 Å². The molecular formula is C15H15NO4. The highest BCUT2D eigenvalue weighted by Crippen LogP contribution is 2.44. The van der Waals surface area contributed by atoms with E-state index in [0.717, 1.165) is 11.3 Å². The number of carbonyl (C=O) groups is 1. The third-order valence-corrected chi connectivity index (χ3v) is 3.32. The smallest absolute Gasteiger partial charge is 0.349 e. The fraction of sp³-hybridized carbons (Fsp3) is 0.267. The van der Waals surface area contributed by atoms with Crippen molar-refractivity contribution in [2.45, 2.75) is 26.5 Å². The Hall–Kier alpha value is -2.43. The third kappa shape index (κ3) is 1.74. The SMILES string of the molecule is CC1=C[C@]2(Nc3cc(C)ccc3O2)C(=C(C)O)C(=O)O1. The van der Waals surface area contributed by atoms with Crippen LogP contribution in [0.1, 0.15) is 19.4 Å². The van der Waals surface area contributed by atoms with Crippen LogP contribution < -0.4 is 10.1 Å². The lowest BCUT2D eigenvalue weighted by atomic mass is 9.98. The van der Waals surface area contributed by atoms with Gasteiger partial charge in [0.2, 0.25) is 5.72 Å². The van der Waals surface area contributed by atoms with Crippen molar-refractivity contribution in [3.8, 4) is 5.75 Å². The van der Waals surface area contributed by atoms with Gasteiger partial charge in [0.05, 0.1) is 5.69 Å². The number of rotatable bonds is 0. The van der Waals surface area contributed by atoms with Crippen molar-refractivity contribution in [2.75, 3.05) is 5.32 Å². The molecule has 5 heteroatoms. The molecule has 0 saturated carbocycles. The van der Waals surface area contributed by atoms with E-state index in [0.29, 0.717) is 11.5 Å². The van der Waals surface area contributed by atoms with Gasteiger partial charge in [-0.05, 0) is 38.5 Å². The number of hydrogen-bond donors (Lipinski definition) is 2. The van der Waals surface area contributed by atoms with E-state index in [-0.39, 0.29) is 11.3 Å². The minimum Gasteiger partial charge on any atom is -0.512 e. The molecule has 0 radical (unpaired) electrons. The highest BCUT2D eigenvalue weighted by molar-refractivity contribution is 5.95. The standard InChI is InChI=1S/C15H15NO4/c1-8-4-5-12-11(6-8)16-15(20-12)7-9(2)19-14(18)13(15)10(3)17/h4-7,16-17H,1-3H3/t15-/m1/s1. The highest BCUT2D eigenvalue weighted by Gasteiger charge is 2.49. The number of ether oxygens (including phenoxy) is 2. The number of aliphatic hydroxyl groups is 1. The van der Waals surface area contributed by atoms with Crippen molar-refractivity contribution >= 4 is 11.7 Å². The number of anilines is 1. The molecular weight excluding hydrogens is 258 g/mol. The summed E-state index contributed by atoms with van der Waals surface area (Å²) in [6.07, 6.45) is 1.65. The second-order valence-electron chi connectivity index (χ2n) is 5.07. The average molecular weight is 273 g/mol. The number of nitrogens with one attached hydrogen (secondary N) is 1. The van der Waals surface area contributed by atoms with Crippen molar-refractivity contribution in [2.24, 2.45) is 0 Å². The molecule has 2 heterocycles. The van der Waals surface area contributed by atoms with Crippen LogP contribution in [0.3, 0.4) is 0 Å². The number of aliphatic hydroxyl groups excluding tert-OH is 1. The van der Waals surface area contributed by atoms with Crippen molar-refractivity contribution in [1.29, 1.82) is 0 Å². The highest BCUT2D eigenvalue weighted by atomic mass is 16.6. The molecule has 0 saturated heterocycles. The molecule has 0 aliphatic carbocycles. The molecule has 5 nitrogen and oxygen atoms in total. The van der Waals surface area contributed by atoms with E-state index < -0.39 is 11.7 Å². The first-order valence-electron chi connectivity index (χ1n) is 6.31. The molecule has 0 aromatic heterocycles. The molecule has 2 aliphatic rings. The Morgan fingerprint density at radius 3 is 2.80 bits per heavy atom. The predicted molar refractivity (Wildman–Crippen MR) is 73.3 cm³/mol. The quantitative estimate of drug-likeness (QED) is 0.432. The maximum atomic E-state index is 12.0. The fourth-order valence-corrected chi connectivity index (χ4v) is 2.56. The predicted octanol–water partition coefficient (Wildman–Crippen LogP) is 2.79. The van der Waals surface area contributed by atoms with Gasteiger partial charge in [0, 0.05) is 6.08 Å². The van der Waals surface area contributed by atoms with Crippen LogP contribution in [-0.4, -0.2) is 16.8 Å². The van der Waals surface area contributed by atoms with Crippen molar-refractivity contribution in [3.63, 3.8) is 0 Å². The van der Waals surface area contributed by atoms with Crippen molar-refractivity contribution in [3.05, 3.63) is 46.9 Å². The molecule has 104 valence electrons. The van der Waals surface area contributed by atoms with Gasteiger partial charge in [-0.1, -0.05) is 6.07 Å². The Bertz CT molecular complexity index is 670. The van der Waals surface area contributed by atoms with E-state index in [4.69, 9.17) is 9.47 Å². The molecule has 0 unspecified atom stereocenters. The Morgan fingerprint density at radius 2 is 2.10 bits per heavy atom. The zero-order valence-corrected chi connectivity index (χ0v) is 11.5. The van der Waals surface area contributed by atoms with Gasteiger partial charge in [-0.2, -0.15) is 0 Å². The molecule has 2 aliphatic heterocycles. The van der Waals surface area contributed by atoms with E-state index >= 15 is 0 Å². The minimum absolute atomic E-state index is 0.0666. The summed E-state index contributed by atoms with van der Waals surface area (Å²) in [6.45, 7) is 5.08. The average Bonchev–Trinajstić information content (AvgIpc) is 2.63. The second kappa shape index (κ2) is 4.03. The molecule has 0 bridgehead atoms. The van der Waals surface area contributed by atoms with Gasteiger partial charge in [-0.25, -0.2) is 4.79 Å². The van der Waals surface area contributed by atoms with Crippen LogP contribution in [0.4, 0.5) is 5.69 Å². The van der Waals surface area contributed by atoms with Crippen LogP contribution in [0.5, 0.6) is 5.75 Å². The summed E-state index contributed by atoms with van der Waals surface area (Å²) in [5, 5.41) is 13.0. The second-order valence-corrected chi connectivity index (χ2v) is 5.07. The van der Waals surface area contributed by atoms with E-state index in [1.807, 2.05) is 25.1 Å². The Labute approximate surface area is 116 Å². The summed E-state index contributed by atoms with van der Waals surface area (Å²) in [7, 11) is 0. The zero-order valence-electron chi connectivity index (χ0n) is 11.5. The summed E-state index contributed by atoms with van der Waals surface area (Å²) >= 11 is 0. The molecule has 1 spiro atoms.